The largest absolute Gasteiger partial charge is 0.469 e. The van der Waals surface area contributed by atoms with Gasteiger partial charge < -0.3 is 9.64 Å². The summed E-state index contributed by atoms with van der Waals surface area (Å²) in [6, 6.07) is 7.41. The number of halogens is 1. The van der Waals surface area contributed by atoms with E-state index < -0.39 is 0 Å². The molecule has 3 rings (SSSR count). The summed E-state index contributed by atoms with van der Waals surface area (Å²) in [5.41, 5.74) is 1.34. The highest BCUT2D eigenvalue weighted by Gasteiger charge is 2.29. The summed E-state index contributed by atoms with van der Waals surface area (Å²) in [5, 5.41) is 3.18. The van der Waals surface area contributed by atoms with Crippen LogP contribution in [-0.2, 0) is 9.53 Å². The number of amides is 1. The lowest BCUT2D eigenvalue weighted by atomic mass is 9.97. The fourth-order valence-corrected chi connectivity index (χ4v) is 3.75. The number of esters is 1. The minimum atomic E-state index is -0.195. The van der Waals surface area contributed by atoms with Crippen molar-refractivity contribution in [1.29, 1.82) is 0 Å². The monoisotopic (exact) mass is 364 g/mol. The van der Waals surface area contributed by atoms with Gasteiger partial charge in [0, 0.05) is 29.1 Å². The lowest BCUT2D eigenvalue weighted by Gasteiger charge is -2.30. The Balaban J connectivity index is 1.68. The van der Waals surface area contributed by atoms with E-state index in [0.29, 0.717) is 36.6 Å². The maximum absolute atomic E-state index is 12.6. The Bertz CT molecular complexity index is 754. The molecule has 0 bridgehead atoms. The first-order valence-electron chi connectivity index (χ1n) is 7.67. The first kappa shape index (κ1) is 16.9. The number of carbonyl (C=O) groups is 2. The molecule has 1 fully saturated rings. The van der Waals surface area contributed by atoms with Crippen LogP contribution >= 0.6 is 22.9 Å². The number of methoxy groups -OCH3 is 1. The Hall–Kier alpha value is -1.92. The number of thiazole rings is 1. The minimum absolute atomic E-state index is 0.0946. The van der Waals surface area contributed by atoms with Crippen LogP contribution in [0.15, 0.2) is 29.6 Å². The summed E-state index contributed by atoms with van der Waals surface area (Å²) in [6.45, 7) is 1.09. The molecular formula is C17H17ClN2O3S. The summed E-state index contributed by atoms with van der Waals surface area (Å²) in [6.07, 6.45) is 1.26. The summed E-state index contributed by atoms with van der Waals surface area (Å²) in [7, 11) is 1.40. The van der Waals surface area contributed by atoms with E-state index in [9.17, 15) is 9.59 Å². The Morgan fingerprint density at radius 3 is 2.75 bits per heavy atom. The second kappa shape index (κ2) is 7.32. The van der Waals surface area contributed by atoms with Gasteiger partial charge in [-0.2, -0.15) is 0 Å². The van der Waals surface area contributed by atoms with Crippen LogP contribution in [-0.4, -0.2) is 42.0 Å². The van der Waals surface area contributed by atoms with E-state index in [2.05, 4.69) is 4.98 Å². The van der Waals surface area contributed by atoms with Gasteiger partial charge in [0.05, 0.1) is 13.0 Å². The third kappa shape index (κ3) is 3.60. The number of hydrogen-bond donors (Lipinski definition) is 0. The van der Waals surface area contributed by atoms with E-state index in [1.807, 2.05) is 18.2 Å². The van der Waals surface area contributed by atoms with Crippen molar-refractivity contribution in [3.8, 4) is 10.6 Å². The quantitative estimate of drug-likeness (QED) is 0.782. The number of aromatic nitrogens is 1. The molecule has 1 saturated heterocycles. The van der Waals surface area contributed by atoms with Gasteiger partial charge in [0.2, 0.25) is 0 Å². The molecule has 1 amide bonds. The Kier molecular flexibility index (Phi) is 5.16. The average Bonchev–Trinajstić information content (AvgIpc) is 3.10. The molecule has 0 atom stereocenters. The van der Waals surface area contributed by atoms with Crippen LogP contribution in [0.25, 0.3) is 10.6 Å². The maximum Gasteiger partial charge on any atom is 0.308 e. The van der Waals surface area contributed by atoms with Gasteiger partial charge in [-0.05, 0) is 25.0 Å². The topological polar surface area (TPSA) is 59.5 Å². The minimum Gasteiger partial charge on any atom is -0.469 e. The van der Waals surface area contributed by atoms with Gasteiger partial charge in [-0.15, -0.1) is 11.3 Å². The number of nitrogens with zero attached hydrogens (tertiary/aromatic N) is 2. The molecule has 0 spiro atoms. The fraction of sp³-hybridized carbons (Fsp3) is 0.353. The molecule has 7 heteroatoms. The van der Waals surface area contributed by atoms with Crippen molar-refractivity contribution in [2.24, 2.45) is 5.92 Å². The van der Waals surface area contributed by atoms with Crippen LogP contribution in [0.2, 0.25) is 5.02 Å². The molecule has 1 aromatic carbocycles. The van der Waals surface area contributed by atoms with Gasteiger partial charge in [0.25, 0.3) is 5.91 Å². The Morgan fingerprint density at radius 1 is 1.33 bits per heavy atom. The van der Waals surface area contributed by atoms with Crippen molar-refractivity contribution >= 4 is 34.8 Å². The van der Waals surface area contributed by atoms with Gasteiger partial charge in [-0.3, -0.25) is 9.59 Å². The lowest BCUT2D eigenvalue weighted by molar-refractivity contribution is -0.146. The SMILES string of the molecule is COC(=O)C1CCN(C(=O)c2csc(-c3cccc(Cl)c3)n2)CC1. The predicted octanol–water partition coefficient (Wildman–Crippen LogP) is 3.49. The molecule has 1 aromatic heterocycles. The molecule has 2 heterocycles. The van der Waals surface area contributed by atoms with Crippen LogP contribution < -0.4 is 0 Å². The van der Waals surface area contributed by atoms with Crippen LogP contribution in [0.1, 0.15) is 23.3 Å². The highest BCUT2D eigenvalue weighted by atomic mass is 35.5. The van der Waals surface area contributed by atoms with E-state index in [0.717, 1.165) is 10.6 Å². The van der Waals surface area contributed by atoms with E-state index in [1.54, 1.807) is 16.3 Å². The molecule has 0 aliphatic carbocycles. The van der Waals surface area contributed by atoms with E-state index >= 15 is 0 Å². The zero-order valence-electron chi connectivity index (χ0n) is 13.2. The number of benzene rings is 1. The van der Waals surface area contributed by atoms with Crippen molar-refractivity contribution in [3.63, 3.8) is 0 Å². The Morgan fingerprint density at radius 2 is 2.08 bits per heavy atom. The third-order valence-electron chi connectivity index (χ3n) is 4.11. The molecule has 1 aliphatic rings. The van der Waals surface area contributed by atoms with Crippen LogP contribution in [0, 0.1) is 5.92 Å². The molecule has 1 aliphatic heterocycles. The van der Waals surface area contributed by atoms with Crippen molar-refractivity contribution in [2.45, 2.75) is 12.8 Å². The lowest BCUT2D eigenvalue weighted by Crippen LogP contribution is -2.40. The molecular weight excluding hydrogens is 348 g/mol. The predicted molar refractivity (Wildman–Crippen MR) is 93.2 cm³/mol. The van der Waals surface area contributed by atoms with Gasteiger partial charge in [-0.1, -0.05) is 23.7 Å². The van der Waals surface area contributed by atoms with Crippen molar-refractivity contribution in [1.82, 2.24) is 9.88 Å². The number of likely N-dealkylation sites (tertiary alicyclic amines) is 1. The van der Waals surface area contributed by atoms with E-state index in [-0.39, 0.29) is 17.8 Å². The number of carbonyl (C=O) groups excluding carboxylic acids is 2. The van der Waals surface area contributed by atoms with Gasteiger partial charge >= 0.3 is 5.97 Å². The second-order valence-electron chi connectivity index (χ2n) is 5.64. The smallest absolute Gasteiger partial charge is 0.308 e. The normalized spacial score (nSPS) is 15.3. The van der Waals surface area contributed by atoms with Crippen LogP contribution in [0.3, 0.4) is 0 Å². The van der Waals surface area contributed by atoms with Crippen LogP contribution in [0.4, 0.5) is 0 Å². The molecule has 126 valence electrons. The first-order chi connectivity index (χ1) is 11.6. The standard InChI is InChI=1S/C17H17ClN2O3S/c1-23-17(22)11-5-7-20(8-6-11)16(21)14-10-24-15(19-14)12-3-2-4-13(18)9-12/h2-4,9-11H,5-8H2,1H3. The van der Waals surface area contributed by atoms with E-state index in [1.165, 1.54) is 18.4 Å². The fourth-order valence-electron chi connectivity index (χ4n) is 2.77. The van der Waals surface area contributed by atoms with Crippen molar-refractivity contribution < 1.29 is 14.3 Å². The summed E-state index contributed by atoms with van der Waals surface area (Å²) < 4.78 is 4.77. The summed E-state index contributed by atoms with van der Waals surface area (Å²) in [5.74, 6) is -0.404. The number of rotatable bonds is 3. The van der Waals surface area contributed by atoms with Crippen molar-refractivity contribution in [3.05, 3.63) is 40.4 Å². The summed E-state index contributed by atoms with van der Waals surface area (Å²) >= 11 is 7.42. The highest BCUT2D eigenvalue weighted by Crippen LogP contribution is 2.27. The molecule has 0 saturated carbocycles. The average molecular weight is 365 g/mol. The van der Waals surface area contributed by atoms with Gasteiger partial charge in [0.15, 0.2) is 0 Å². The van der Waals surface area contributed by atoms with Crippen molar-refractivity contribution in [2.75, 3.05) is 20.2 Å². The number of ether oxygens (including phenoxy) is 1. The Labute approximate surface area is 149 Å². The molecule has 0 unspecified atom stereocenters. The summed E-state index contributed by atoms with van der Waals surface area (Å²) in [4.78, 5) is 30.3. The molecule has 2 aromatic rings. The second-order valence-corrected chi connectivity index (χ2v) is 6.93. The molecule has 0 radical (unpaired) electrons. The zero-order valence-corrected chi connectivity index (χ0v) is 14.8. The van der Waals surface area contributed by atoms with Gasteiger partial charge in [0.1, 0.15) is 10.7 Å². The zero-order chi connectivity index (χ0) is 17.1. The third-order valence-corrected chi connectivity index (χ3v) is 5.24. The first-order valence-corrected chi connectivity index (χ1v) is 8.93. The van der Waals surface area contributed by atoms with E-state index in [4.69, 9.17) is 16.3 Å². The van der Waals surface area contributed by atoms with Gasteiger partial charge in [-0.25, -0.2) is 4.98 Å². The highest BCUT2D eigenvalue weighted by molar-refractivity contribution is 7.13. The number of hydrogen-bond acceptors (Lipinski definition) is 5. The van der Waals surface area contributed by atoms with Crippen LogP contribution in [0.5, 0.6) is 0 Å². The molecule has 24 heavy (non-hydrogen) atoms. The number of piperidine rings is 1. The molecule has 5 nitrogen and oxygen atoms in total. The maximum atomic E-state index is 12.6. The molecule has 0 N–H and O–H groups in total.